The van der Waals surface area contributed by atoms with Gasteiger partial charge in [0.2, 0.25) is 6.79 Å². The van der Waals surface area contributed by atoms with Gasteiger partial charge in [-0.25, -0.2) is 8.42 Å². The Morgan fingerprint density at radius 1 is 1.00 bits per heavy atom. The van der Waals surface area contributed by atoms with E-state index in [0.717, 1.165) is 42.4 Å². The van der Waals surface area contributed by atoms with Gasteiger partial charge in [-0.1, -0.05) is 31.4 Å². The molecule has 1 unspecified atom stereocenters. The number of hydrogen-bond donors (Lipinski definition) is 1. The summed E-state index contributed by atoms with van der Waals surface area (Å²) in [4.78, 5) is 0.279. The van der Waals surface area contributed by atoms with Gasteiger partial charge in [0.1, 0.15) is 0 Å². The predicted molar refractivity (Wildman–Crippen MR) is 103 cm³/mol. The van der Waals surface area contributed by atoms with Gasteiger partial charge in [-0.2, -0.15) is 0 Å². The molecule has 1 saturated carbocycles. The van der Waals surface area contributed by atoms with Crippen LogP contribution in [0, 0.1) is 5.92 Å². The van der Waals surface area contributed by atoms with Gasteiger partial charge in [0.15, 0.2) is 21.3 Å². The van der Waals surface area contributed by atoms with Gasteiger partial charge in [0.05, 0.1) is 11.0 Å². The molecule has 27 heavy (non-hydrogen) atoms. The minimum atomic E-state index is -3.25. The second-order valence-electron chi connectivity index (χ2n) is 7.43. The molecule has 4 rings (SSSR count). The smallest absolute Gasteiger partial charge is 0.231 e. The Morgan fingerprint density at radius 3 is 2.26 bits per heavy atom. The molecule has 1 atom stereocenters. The molecule has 0 spiro atoms. The lowest BCUT2D eigenvalue weighted by Gasteiger charge is -2.28. The molecule has 1 N–H and O–H groups in total. The summed E-state index contributed by atoms with van der Waals surface area (Å²) in [7, 11) is -3.25. The third kappa shape index (κ3) is 3.69. The zero-order chi connectivity index (χ0) is 19.0. The van der Waals surface area contributed by atoms with Crippen LogP contribution in [0.5, 0.6) is 11.5 Å². The molecule has 1 heterocycles. The highest BCUT2D eigenvalue weighted by Crippen LogP contribution is 2.44. The first-order valence-corrected chi connectivity index (χ1v) is 11.2. The molecule has 2 aromatic carbocycles. The van der Waals surface area contributed by atoms with E-state index in [1.54, 1.807) is 24.3 Å². The fourth-order valence-corrected chi connectivity index (χ4v) is 4.67. The largest absolute Gasteiger partial charge is 0.454 e. The van der Waals surface area contributed by atoms with Crippen molar-refractivity contribution >= 4 is 9.84 Å². The molecule has 0 saturated heterocycles. The molecule has 0 radical (unpaired) electrons. The highest BCUT2D eigenvalue weighted by atomic mass is 32.2. The first-order valence-electron chi connectivity index (χ1n) is 9.35. The molecule has 2 aliphatic rings. The number of hydrogen-bond acceptors (Lipinski definition) is 5. The summed E-state index contributed by atoms with van der Waals surface area (Å²) in [5.74, 6) is 1.53. The third-order valence-corrected chi connectivity index (χ3v) is 6.68. The van der Waals surface area contributed by atoms with E-state index in [-0.39, 0.29) is 17.6 Å². The molecule has 144 valence electrons. The van der Waals surface area contributed by atoms with Gasteiger partial charge >= 0.3 is 0 Å². The average molecular weight is 388 g/mol. The number of aliphatic hydroxyl groups excluding tert-OH is 1. The summed E-state index contributed by atoms with van der Waals surface area (Å²) >= 11 is 0. The molecular formula is C21H24O5S. The molecule has 6 heteroatoms. The van der Waals surface area contributed by atoms with Crippen LogP contribution in [-0.4, -0.2) is 26.6 Å². The van der Waals surface area contributed by atoms with Crippen molar-refractivity contribution in [1.82, 2.24) is 0 Å². The Hall–Kier alpha value is -2.05. The summed E-state index contributed by atoms with van der Waals surface area (Å²) in [6.45, 7) is 0.171. The van der Waals surface area contributed by atoms with Gasteiger partial charge in [0.25, 0.3) is 0 Å². The van der Waals surface area contributed by atoms with Crippen LogP contribution >= 0.6 is 0 Å². The van der Waals surface area contributed by atoms with Crippen molar-refractivity contribution < 1.29 is 23.0 Å². The quantitative estimate of drug-likeness (QED) is 0.854. The van der Waals surface area contributed by atoms with Crippen LogP contribution in [0.1, 0.15) is 43.8 Å². The fraction of sp³-hybridized carbons (Fsp3) is 0.429. The van der Waals surface area contributed by atoms with Crippen molar-refractivity contribution in [3.8, 4) is 22.6 Å². The number of sulfone groups is 1. The van der Waals surface area contributed by atoms with Crippen molar-refractivity contribution in [2.24, 2.45) is 5.92 Å². The van der Waals surface area contributed by atoms with Gasteiger partial charge in [-0.05, 0) is 59.7 Å². The van der Waals surface area contributed by atoms with E-state index in [2.05, 4.69) is 0 Å². The first kappa shape index (κ1) is 18.3. The molecular weight excluding hydrogens is 364 g/mol. The Balaban J connectivity index is 1.76. The normalized spacial score (nSPS) is 18.4. The number of fused-ring (bicyclic) bond motifs is 1. The Morgan fingerprint density at radius 2 is 1.63 bits per heavy atom. The van der Waals surface area contributed by atoms with Gasteiger partial charge in [-0.15, -0.1) is 0 Å². The molecule has 0 amide bonds. The minimum Gasteiger partial charge on any atom is -0.454 e. The fourth-order valence-electron chi connectivity index (χ4n) is 4.04. The van der Waals surface area contributed by atoms with Crippen LogP contribution in [0.4, 0.5) is 0 Å². The topological polar surface area (TPSA) is 72.8 Å². The van der Waals surface area contributed by atoms with E-state index in [1.807, 2.05) is 12.1 Å². The highest BCUT2D eigenvalue weighted by molar-refractivity contribution is 7.90. The monoisotopic (exact) mass is 388 g/mol. The first-order chi connectivity index (χ1) is 12.9. The van der Waals surface area contributed by atoms with Gasteiger partial charge in [-0.3, -0.25) is 0 Å². The third-order valence-electron chi connectivity index (χ3n) is 5.55. The number of ether oxygens (including phenoxy) is 2. The average Bonchev–Trinajstić information content (AvgIpc) is 3.14. The molecule has 1 aliphatic heterocycles. The maximum Gasteiger partial charge on any atom is 0.231 e. The van der Waals surface area contributed by atoms with Crippen molar-refractivity contribution in [2.75, 3.05) is 13.0 Å². The van der Waals surface area contributed by atoms with E-state index in [9.17, 15) is 13.5 Å². The van der Waals surface area contributed by atoms with Crippen LogP contribution < -0.4 is 9.47 Å². The van der Waals surface area contributed by atoms with Gasteiger partial charge in [0, 0.05) is 6.26 Å². The van der Waals surface area contributed by atoms with E-state index in [1.165, 1.54) is 12.7 Å². The van der Waals surface area contributed by atoms with E-state index in [0.29, 0.717) is 11.5 Å². The highest BCUT2D eigenvalue weighted by Gasteiger charge is 2.28. The van der Waals surface area contributed by atoms with Crippen LogP contribution in [0.15, 0.2) is 41.3 Å². The number of rotatable bonds is 4. The molecule has 2 aromatic rings. The lowest BCUT2D eigenvalue weighted by Crippen LogP contribution is -2.16. The maximum atomic E-state index is 11.7. The van der Waals surface area contributed by atoms with Crippen LogP contribution in [0.25, 0.3) is 11.1 Å². The van der Waals surface area contributed by atoms with E-state index >= 15 is 0 Å². The summed E-state index contributed by atoms with van der Waals surface area (Å²) in [6.07, 6.45) is 6.16. The Kier molecular flexibility index (Phi) is 4.86. The van der Waals surface area contributed by atoms with Crippen LogP contribution in [-0.2, 0) is 9.84 Å². The summed E-state index contributed by atoms with van der Waals surface area (Å²) < 4.78 is 34.5. The Bertz CT molecular complexity index is 928. The minimum absolute atomic E-state index is 0.171. The zero-order valence-electron chi connectivity index (χ0n) is 15.3. The van der Waals surface area contributed by atoms with Crippen molar-refractivity contribution in [3.05, 3.63) is 42.0 Å². The number of aliphatic hydroxyl groups is 1. The summed E-state index contributed by atoms with van der Waals surface area (Å²) in [6, 6.07) is 10.5. The van der Waals surface area contributed by atoms with Crippen LogP contribution in [0.3, 0.4) is 0 Å². The van der Waals surface area contributed by atoms with E-state index in [4.69, 9.17) is 9.47 Å². The molecule has 1 aliphatic carbocycles. The summed E-state index contributed by atoms with van der Waals surface area (Å²) in [5.41, 5.74) is 2.53. The maximum absolute atomic E-state index is 11.7. The second-order valence-corrected chi connectivity index (χ2v) is 9.45. The lowest BCUT2D eigenvalue weighted by atomic mass is 9.80. The standard InChI is InChI=1S/C21H24O5S/c1-27(23,24)16-9-7-14(8-10-16)17-11-19-20(26-13-25-19)12-18(17)21(22)15-5-3-2-4-6-15/h7-12,15,21-22H,2-6,13H2,1H3. The number of benzene rings is 2. The zero-order valence-corrected chi connectivity index (χ0v) is 16.2. The molecule has 0 aromatic heterocycles. The molecule has 5 nitrogen and oxygen atoms in total. The SMILES string of the molecule is CS(=O)(=O)c1ccc(-c2cc3c(cc2C(O)C2CCCCC2)OCO3)cc1. The van der Waals surface area contributed by atoms with E-state index < -0.39 is 15.9 Å². The predicted octanol–water partition coefficient (Wildman–Crippen LogP) is 4.10. The molecule has 1 fully saturated rings. The summed E-state index contributed by atoms with van der Waals surface area (Å²) in [5, 5.41) is 11.1. The van der Waals surface area contributed by atoms with Crippen molar-refractivity contribution in [2.45, 2.75) is 43.1 Å². The van der Waals surface area contributed by atoms with Crippen molar-refractivity contribution in [1.29, 1.82) is 0 Å². The second kappa shape index (κ2) is 7.17. The lowest BCUT2D eigenvalue weighted by molar-refractivity contribution is 0.0851. The van der Waals surface area contributed by atoms with Gasteiger partial charge < -0.3 is 14.6 Å². The van der Waals surface area contributed by atoms with Crippen molar-refractivity contribution in [3.63, 3.8) is 0 Å². The van der Waals surface area contributed by atoms with Crippen LogP contribution in [0.2, 0.25) is 0 Å². The molecule has 0 bridgehead atoms. The Labute approximate surface area is 159 Å².